The molecule has 2 rings (SSSR count). The van der Waals surface area contributed by atoms with E-state index in [0.717, 1.165) is 28.1 Å². The summed E-state index contributed by atoms with van der Waals surface area (Å²) in [4.78, 5) is 6.51. The van der Waals surface area contributed by atoms with Crippen molar-refractivity contribution in [1.29, 1.82) is 0 Å². The van der Waals surface area contributed by atoms with Crippen LogP contribution in [0.4, 0.5) is 5.69 Å². The van der Waals surface area contributed by atoms with Crippen LogP contribution in [0.1, 0.15) is 5.69 Å². The molecule has 0 bridgehead atoms. The average Bonchev–Trinajstić information content (AvgIpc) is 2.41. The quantitative estimate of drug-likeness (QED) is 0.864. The number of rotatable bonds is 4. The lowest BCUT2D eigenvalue weighted by atomic mass is 10.2. The van der Waals surface area contributed by atoms with Crippen molar-refractivity contribution in [2.75, 3.05) is 19.1 Å². The summed E-state index contributed by atoms with van der Waals surface area (Å²) in [7, 11) is 3.72. The van der Waals surface area contributed by atoms with Crippen molar-refractivity contribution >= 4 is 21.6 Å². The summed E-state index contributed by atoms with van der Waals surface area (Å²) >= 11 is 3.38. The van der Waals surface area contributed by atoms with Gasteiger partial charge in [-0.2, -0.15) is 0 Å². The lowest BCUT2D eigenvalue weighted by Crippen LogP contribution is -2.16. The second kappa shape index (κ2) is 5.87. The van der Waals surface area contributed by atoms with Crippen LogP contribution in [0.15, 0.2) is 47.1 Å². The fourth-order valence-corrected chi connectivity index (χ4v) is 1.91. The van der Waals surface area contributed by atoms with Gasteiger partial charge in [-0.15, -0.1) is 0 Å². The molecule has 0 amide bonds. The normalized spacial score (nSPS) is 10.2. The molecule has 4 heteroatoms. The van der Waals surface area contributed by atoms with E-state index in [1.54, 1.807) is 7.11 Å². The van der Waals surface area contributed by atoms with E-state index in [2.05, 4.69) is 25.8 Å². The third-order valence-corrected chi connectivity index (χ3v) is 3.17. The van der Waals surface area contributed by atoms with Gasteiger partial charge in [0.25, 0.3) is 0 Å². The first kappa shape index (κ1) is 12.9. The van der Waals surface area contributed by atoms with Crippen molar-refractivity contribution in [3.8, 4) is 5.75 Å². The third-order valence-electron chi connectivity index (χ3n) is 2.70. The zero-order valence-electron chi connectivity index (χ0n) is 10.4. The average molecular weight is 307 g/mol. The highest BCUT2D eigenvalue weighted by Gasteiger charge is 2.03. The van der Waals surface area contributed by atoms with Gasteiger partial charge in [0.1, 0.15) is 5.75 Å². The molecule has 0 N–H and O–H groups in total. The number of halogens is 1. The van der Waals surface area contributed by atoms with Crippen molar-refractivity contribution in [3.05, 3.63) is 52.8 Å². The largest absolute Gasteiger partial charge is 0.497 e. The van der Waals surface area contributed by atoms with E-state index in [1.807, 2.05) is 49.6 Å². The molecule has 18 heavy (non-hydrogen) atoms. The predicted octanol–water partition coefficient (Wildman–Crippen LogP) is 3.49. The van der Waals surface area contributed by atoms with Crippen LogP contribution in [0.5, 0.6) is 5.75 Å². The first-order valence-electron chi connectivity index (χ1n) is 5.64. The van der Waals surface area contributed by atoms with Crippen LogP contribution < -0.4 is 9.64 Å². The Labute approximate surface area is 116 Å². The molecule has 0 radical (unpaired) electrons. The summed E-state index contributed by atoms with van der Waals surface area (Å²) in [6, 6.07) is 12.0. The van der Waals surface area contributed by atoms with Crippen LogP contribution in [0.2, 0.25) is 0 Å². The number of anilines is 1. The van der Waals surface area contributed by atoms with E-state index in [1.165, 1.54) is 0 Å². The molecule has 0 aliphatic heterocycles. The van der Waals surface area contributed by atoms with Gasteiger partial charge < -0.3 is 9.64 Å². The number of hydrogen-bond donors (Lipinski definition) is 0. The topological polar surface area (TPSA) is 25.4 Å². The fourth-order valence-electron chi connectivity index (χ4n) is 1.67. The first-order valence-corrected chi connectivity index (χ1v) is 6.44. The summed E-state index contributed by atoms with van der Waals surface area (Å²) in [5, 5.41) is 0. The van der Waals surface area contributed by atoms with E-state index in [0.29, 0.717) is 0 Å². The zero-order chi connectivity index (χ0) is 13.0. The van der Waals surface area contributed by atoms with Crippen molar-refractivity contribution in [3.63, 3.8) is 0 Å². The maximum atomic E-state index is 5.14. The summed E-state index contributed by atoms with van der Waals surface area (Å²) in [5.41, 5.74) is 2.18. The van der Waals surface area contributed by atoms with E-state index >= 15 is 0 Å². The molecule has 0 atom stereocenters. The molecule has 1 heterocycles. The highest BCUT2D eigenvalue weighted by molar-refractivity contribution is 9.10. The summed E-state index contributed by atoms with van der Waals surface area (Å²) < 4.78 is 6.14. The molecule has 1 aromatic carbocycles. The number of nitrogens with zero attached hydrogens (tertiary/aromatic N) is 2. The molecule has 0 aliphatic carbocycles. The van der Waals surface area contributed by atoms with E-state index in [4.69, 9.17) is 4.74 Å². The highest BCUT2D eigenvalue weighted by Crippen LogP contribution is 2.19. The number of hydrogen-bond acceptors (Lipinski definition) is 3. The minimum atomic E-state index is 0.777. The summed E-state index contributed by atoms with van der Waals surface area (Å²) in [6.07, 6.45) is 1.82. The Balaban J connectivity index is 2.06. The van der Waals surface area contributed by atoms with Gasteiger partial charge in [-0.1, -0.05) is 0 Å². The molecule has 2 aromatic rings. The third kappa shape index (κ3) is 3.23. The van der Waals surface area contributed by atoms with Gasteiger partial charge in [0.15, 0.2) is 0 Å². The molecule has 0 fully saturated rings. The van der Waals surface area contributed by atoms with Crippen molar-refractivity contribution < 1.29 is 4.74 Å². The van der Waals surface area contributed by atoms with Crippen LogP contribution in [0.25, 0.3) is 0 Å². The molecule has 0 aliphatic rings. The van der Waals surface area contributed by atoms with Crippen LogP contribution in [-0.2, 0) is 6.54 Å². The van der Waals surface area contributed by atoms with Crippen LogP contribution in [-0.4, -0.2) is 19.1 Å². The number of pyridine rings is 1. The standard InChI is InChI=1S/C14H15BrN2O/c1-17(10-12-4-3-11(15)9-16-12)13-5-7-14(18-2)8-6-13/h3-9H,10H2,1-2H3. The minimum Gasteiger partial charge on any atom is -0.497 e. The smallest absolute Gasteiger partial charge is 0.119 e. The number of ether oxygens (including phenoxy) is 1. The van der Waals surface area contributed by atoms with Crippen LogP contribution in [0, 0.1) is 0 Å². The first-order chi connectivity index (χ1) is 8.69. The molecule has 94 valence electrons. The van der Waals surface area contributed by atoms with Crippen LogP contribution >= 0.6 is 15.9 Å². The van der Waals surface area contributed by atoms with E-state index in [-0.39, 0.29) is 0 Å². The molecule has 1 aromatic heterocycles. The predicted molar refractivity (Wildman–Crippen MR) is 77.0 cm³/mol. The minimum absolute atomic E-state index is 0.777. The second-order valence-electron chi connectivity index (χ2n) is 4.02. The maximum Gasteiger partial charge on any atom is 0.119 e. The van der Waals surface area contributed by atoms with Crippen molar-refractivity contribution in [1.82, 2.24) is 4.98 Å². The van der Waals surface area contributed by atoms with Gasteiger partial charge in [0, 0.05) is 23.4 Å². The Bertz CT molecular complexity index is 496. The number of benzene rings is 1. The Morgan fingerprint density at radius 2 is 1.89 bits per heavy atom. The summed E-state index contributed by atoms with van der Waals surface area (Å²) in [5.74, 6) is 0.869. The van der Waals surface area contributed by atoms with Gasteiger partial charge in [-0.3, -0.25) is 4.98 Å². The number of aromatic nitrogens is 1. The van der Waals surface area contributed by atoms with Gasteiger partial charge in [-0.05, 0) is 52.3 Å². The van der Waals surface area contributed by atoms with Crippen LogP contribution in [0.3, 0.4) is 0 Å². The lowest BCUT2D eigenvalue weighted by Gasteiger charge is -2.19. The molecule has 0 saturated heterocycles. The number of methoxy groups -OCH3 is 1. The Morgan fingerprint density at radius 1 is 1.17 bits per heavy atom. The zero-order valence-corrected chi connectivity index (χ0v) is 12.0. The molecule has 3 nitrogen and oxygen atoms in total. The van der Waals surface area contributed by atoms with E-state index in [9.17, 15) is 0 Å². The summed E-state index contributed by atoms with van der Waals surface area (Å²) in [6.45, 7) is 0.777. The fraction of sp³-hybridized carbons (Fsp3) is 0.214. The monoisotopic (exact) mass is 306 g/mol. The lowest BCUT2D eigenvalue weighted by molar-refractivity contribution is 0.415. The molecular weight excluding hydrogens is 292 g/mol. The molecule has 0 unspecified atom stereocenters. The van der Waals surface area contributed by atoms with Gasteiger partial charge in [-0.25, -0.2) is 0 Å². The Kier molecular flexibility index (Phi) is 4.20. The van der Waals surface area contributed by atoms with Gasteiger partial charge in [0.05, 0.1) is 19.3 Å². The second-order valence-corrected chi connectivity index (χ2v) is 4.94. The van der Waals surface area contributed by atoms with Gasteiger partial charge >= 0.3 is 0 Å². The maximum absolute atomic E-state index is 5.14. The Morgan fingerprint density at radius 3 is 2.44 bits per heavy atom. The Hall–Kier alpha value is -1.55. The molecular formula is C14H15BrN2O. The van der Waals surface area contributed by atoms with Crippen molar-refractivity contribution in [2.24, 2.45) is 0 Å². The van der Waals surface area contributed by atoms with Crippen molar-refractivity contribution in [2.45, 2.75) is 6.54 Å². The molecule has 0 spiro atoms. The van der Waals surface area contributed by atoms with E-state index < -0.39 is 0 Å². The molecule has 0 saturated carbocycles. The van der Waals surface area contributed by atoms with Gasteiger partial charge in [0.2, 0.25) is 0 Å². The highest BCUT2D eigenvalue weighted by atomic mass is 79.9. The SMILES string of the molecule is COc1ccc(N(C)Cc2ccc(Br)cn2)cc1.